The molecular weight excluding hydrogens is 292 g/mol. The average Bonchev–Trinajstić information content (AvgIpc) is 2.88. The molecule has 0 spiro atoms. The van der Waals surface area contributed by atoms with E-state index in [-0.39, 0.29) is 0 Å². The fourth-order valence-corrected chi connectivity index (χ4v) is 8.07. The Balaban J connectivity index is 1.50. The van der Waals surface area contributed by atoms with Crippen molar-refractivity contribution in [1.82, 2.24) is 0 Å². The third-order valence-electron chi connectivity index (χ3n) is 9.11. The molecule has 5 aliphatic rings. The zero-order chi connectivity index (χ0) is 16.4. The number of ketones is 1. The van der Waals surface area contributed by atoms with Crippen LogP contribution >= 0.6 is 0 Å². The van der Waals surface area contributed by atoms with Crippen molar-refractivity contribution in [3.8, 4) is 0 Å². The molecular formula is C23H34O. The Morgan fingerprint density at radius 3 is 2.29 bits per heavy atom. The number of hydrogen-bond donors (Lipinski definition) is 0. The summed E-state index contributed by atoms with van der Waals surface area (Å²) in [5, 5.41) is 0. The molecule has 0 N–H and O–H groups in total. The lowest BCUT2D eigenvalue weighted by molar-refractivity contribution is -0.124. The minimum absolute atomic E-state index is 0.372. The minimum atomic E-state index is 0.372. The molecule has 5 rings (SSSR count). The Hall–Kier alpha value is -0.590. The molecule has 8 atom stereocenters. The predicted octanol–water partition coefficient (Wildman–Crippen LogP) is 5.79. The van der Waals surface area contributed by atoms with Crippen LogP contribution in [-0.4, -0.2) is 5.78 Å². The van der Waals surface area contributed by atoms with Crippen molar-refractivity contribution in [3.05, 3.63) is 11.1 Å². The van der Waals surface area contributed by atoms with Crippen LogP contribution < -0.4 is 0 Å². The zero-order valence-corrected chi connectivity index (χ0v) is 15.6. The molecule has 8 unspecified atom stereocenters. The van der Waals surface area contributed by atoms with Gasteiger partial charge in [0, 0.05) is 5.92 Å². The van der Waals surface area contributed by atoms with Gasteiger partial charge in [0.05, 0.1) is 0 Å². The first-order chi connectivity index (χ1) is 11.7. The summed E-state index contributed by atoms with van der Waals surface area (Å²) < 4.78 is 0. The summed E-state index contributed by atoms with van der Waals surface area (Å²) in [5.41, 5.74) is 3.04. The van der Waals surface area contributed by atoms with Gasteiger partial charge in [-0.3, -0.25) is 4.79 Å². The smallest absolute Gasteiger partial charge is 0.163 e. The maximum atomic E-state index is 13.5. The molecule has 132 valence electrons. The second-order valence-electron chi connectivity index (χ2n) is 9.94. The van der Waals surface area contributed by atoms with E-state index >= 15 is 0 Å². The number of Topliss-reactive ketones (excluding diaryl/α,β-unsaturated/α-hetero) is 1. The normalized spacial score (nSPS) is 50.8. The van der Waals surface area contributed by atoms with Gasteiger partial charge in [0.1, 0.15) is 0 Å². The van der Waals surface area contributed by atoms with Crippen molar-refractivity contribution in [1.29, 1.82) is 0 Å². The highest BCUT2D eigenvalue weighted by Crippen LogP contribution is 2.60. The van der Waals surface area contributed by atoms with Crippen molar-refractivity contribution in [2.75, 3.05) is 0 Å². The van der Waals surface area contributed by atoms with Gasteiger partial charge in [-0.1, -0.05) is 51.5 Å². The van der Waals surface area contributed by atoms with Crippen molar-refractivity contribution in [2.24, 2.45) is 47.3 Å². The van der Waals surface area contributed by atoms with Gasteiger partial charge >= 0.3 is 0 Å². The Labute approximate surface area is 147 Å². The predicted molar refractivity (Wildman–Crippen MR) is 97.5 cm³/mol. The molecule has 1 nitrogen and oxygen atoms in total. The van der Waals surface area contributed by atoms with Crippen molar-refractivity contribution < 1.29 is 4.79 Å². The summed E-state index contributed by atoms with van der Waals surface area (Å²) in [7, 11) is 0. The summed E-state index contributed by atoms with van der Waals surface area (Å²) in [5.74, 6) is 6.33. The lowest BCUT2D eigenvalue weighted by atomic mass is 9.57. The van der Waals surface area contributed by atoms with Crippen molar-refractivity contribution >= 4 is 5.78 Å². The van der Waals surface area contributed by atoms with Crippen LogP contribution in [0.3, 0.4) is 0 Å². The molecule has 0 saturated heterocycles. The van der Waals surface area contributed by atoms with Gasteiger partial charge in [0.2, 0.25) is 0 Å². The lowest BCUT2D eigenvalue weighted by Crippen LogP contribution is -2.41. The SMILES string of the molecule is CC1C2=C(CC3CCCCC31)C1CC3CCCCC3C(C)C1C2=O. The molecule has 3 fully saturated rings. The highest BCUT2D eigenvalue weighted by atomic mass is 16.1. The molecule has 0 amide bonds. The van der Waals surface area contributed by atoms with E-state index in [0.717, 1.165) is 23.7 Å². The maximum absolute atomic E-state index is 13.5. The molecule has 0 bridgehead atoms. The molecule has 0 aromatic rings. The van der Waals surface area contributed by atoms with Crippen LogP contribution in [0.15, 0.2) is 11.1 Å². The van der Waals surface area contributed by atoms with E-state index in [1.165, 1.54) is 69.8 Å². The third kappa shape index (κ3) is 2.08. The summed E-state index contributed by atoms with van der Waals surface area (Å²) in [6.45, 7) is 4.85. The van der Waals surface area contributed by atoms with Crippen molar-refractivity contribution in [3.63, 3.8) is 0 Å². The van der Waals surface area contributed by atoms with Gasteiger partial charge in [0.25, 0.3) is 0 Å². The first-order valence-corrected chi connectivity index (χ1v) is 10.9. The molecule has 0 aromatic carbocycles. The van der Waals surface area contributed by atoms with E-state index in [4.69, 9.17) is 0 Å². The third-order valence-corrected chi connectivity index (χ3v) is 9.11. The lowest BCUT2D eigenvalue weighted by Gasteiger charge is -2.47. The molecule has 3 saturated carbocycles. The summed E-state index contributed by atoms with van der Waals surface area (Å²) in [6, 6.07) is 0. The number of allylic oxidation sites excluding steroid dienone is 2. The average molecular weight is 327 g/mol. The van der Waals surface area contributed by atoms with Crippen LogP contribution in [0, 0.1) is 47.3 Å². The highest BCUT2D eigenvalue weighted by Gasteiger charge is 2.55. The second-order valence-corrected chi connectivity index (χ2v) is 9.94. The molecule has 5 aliphatic carbocycles. The molecule has 24 heavy (non-hydrogen) atoms. The van der Waals surface area contributed by atoms with Gasteiger partial charge in [-0.05, 0) is 79.1 Å². The number of hydrogen-bond acceptors (Lipinski definition) is 1. The van der Waals surface area contributed by atoms with Crippen LogP contribution in [-0.2, 0) is 4.79 Å². The van der Waals surface area contributed by atoms with E-state index in [1.807, 2.05) is 0 Å². The molecule has 0 heterocycles. The van der Waals surface area contributed by atoms with E-state index in [2.05, 4.69) is 13.8 Å². The topological polar surface area (TPSA) is 17.1 Å². The van der Waals surface area contributed by atoms with Crippen LogP contribution in [0.1, 0.15) is 78.1 Å². The minimum Gasteiger partial charge on any atom is -0.294 e. The van der Waals surface area contributed by atoms with Crippen LogP contribution in [0.5, 0.6) is 0 Å². The monoisotopic (exact) mass is 326 g/mol. The number of fused-ring (bicyclic) bond motifs is 4. The Bertz CT molecular complexity index is 573. The van der Waals surface area contributed by atoms with Crippen LogP contribution in [0.25, 0.3) is 0 Å². The van der Waals surface area contributed by atoms with Gasteiger partial charge in [-0.2, -0.15) is 0 Å². The maximum Gasteiger partial charge on any atom is 0.163 e. The molecule has 0 radical (unpaired) electrons. The van der Waals surface area contributed by atoms with Gasteiger partial charge in [-0.15, -0.1) is 0 Å². The Morgan fingerprint density at radius 1 is 0.833 bits per heavy atom. The first kappa shape index (κ1) is 15.6. The van der Waals surface area contributed by atoms with E-state index < -0.39 is 0 Å². The largest absolute Gasteiger partial charge is 0.294 e. The number of carbonyl (C=O) groups excluding carboxylic acids is 1. The second kappa shape index (κ2) is 5.71. The van der Waals surface area contributed by atoms with E-state index in [9.17, 15) is 4.79 Å². The Kier molecular flexibility index (Phi) is 3.72. The summed E-state index contributed by atoms with van der Waals surface area (Å²) >= 11 is 0. The zero-order valence-electron chi connectivity index (χ0n) is 15.6. The molecule has 1 heteroatoms. The summed E-state index contributed by atoms with van der Waals surface area (Å²) in [4.78, 5) is 13.5. The van der Waals surface area contributed by atoms with Crippen LogP contribution in [0.2, 0.25) is 0 Å². The van der Waals surface area contributed by atoms with Crippen LogP contribution in [0.4, 0.5) is 0 Å². The quantitative estimate of drug-likeness (QED) is 0.550. The van der Waals surface area contributed by atoms with E-state index in [0.29, 0.717) is 29.5 Å². The van der Waals surface area contributed by atoms with Crippen molar-refractivity contribution in [2.45, 2.75) is 78.1 Å². The molecule has 0 aliphatic heterocycles. The summed E-state index contributed by atoms with van der Waals surface area (Å²) in [6.07, 6.45) is 14.0. The molecule has 0 aromatic heterocycles. The first-order valence-electron chi connectivity index (χ1n) is 10.9. The number of rotatable bonds is 0. The standard InChI is InChI=1S/C23H34O/c1-13-17-9-5-3-7-15(17)11-19-20-12-16-8-4-6-10-18(16)14(2)22(20)23(24)21(13)19/h13-19,21H,3-12H2,1-2H3. The van der Waals surface area contributed by atoms with Gasteiger partial charge < -0.3 is 0 Å². The van der Waals surface area contributed by atoms with Gasteiger partial charge in [0.15, 0.2) is 5.78 Å². The fraction of sp³-hybridized carbons (Fsp3) is 0.870. The number of carbonyl (C=O) groups is 1. The van der Waals surface area contributed by atoms with E-state index in [1.54, 1.807) is 5.57 Å². The van der Waals surface area contributed by atoms with Gasteiger partial charge in [-0.25, -0.2) is 0 Å². The fourth-order valence-electron chi connectivity index (χ4n) is 8.07. The Morgan fingerprint density at radius 2 is 1.50 bits per heavy atom. The highest BCUT2D eigenvalue weighted by molar-refractivity contribution is 6.02.